The van der Waals surface area contributed by atoms with Gasteiger partial charge in [0.2, 0.25) is 0 Å². The number of hydrogen-bond acceptors (Lipinski definition) is 3. The first-order valence-electron chi connectivity index (χ1n) is 6.74. The summed E-state index contributed by atoms with van der Waals surface area (Å²) in [6.45, 7) is 7.18. The molecule has 0 fully saturated rings. The number of benzene rings is 1. The van der Waals surface area contributed by atoms with Gasteiger partial charge in [-0.05, 0) is 31.0 Å². The molecule has 4 nitrogen and oxygen atoms in total. The van der Waals surface area contributed by atoms with Crippen LogP contribution in [0.4, 0.5) is 0 Å². The molecule has 0 spiro atoms. The second-order valence-corrected chi connectivity index (χ2v) is 7.88. The highest BCUT2D eigenvalue weighted by atomic mass is 35.7. The zero-order valence-corrected chi connectivity index (χ0v) is 14.6. The summed E-state index contributed by atoms with van der Waals surface area (Å²) in [5.41, 5.74) is 0.267. The third-order valence-corrected chi connectivity index (χ3v) is 5.14. The molecular weight excluding hydrogens is 333 g/mol. The number of carbonyl (C=O) groups is 1. The van der Waals surface area contributed by atoms with Crippen LogP contribution in [0.25, 0.3) is 0 Å². The van der Waals surface area contributed by atoms with Gasteiger partial charge in [-0.2, -0.15) is 0 Å². The van der Waals surface area contributed by atoms with E-state index in [2.05, 4.69) is 13.8 Å². The standard InChI is InChI=1S/C14H19Cl2NO3S/c1-4-10(3)9-17(5-2)14(18)11-6-7-12(15)13(8-11)21(16,19)20/h6-8,10H,4-5,9H2,1-3H3. The zero-order chi connectivity index (χ0) is 16.2. The van der Waals surface area contributed by atoms with Gasteiger partial charge >= 0.3 is 0 Å². The third kappa shape index (κ3) is 4.87. The van der Waals surface area contributed by atoms with Crippen molar-refractivity contribution >= 4 is 37.2 Å². The van der Waals surface area contributed by atoms with Gasteiger partial charge in [0.05, 0.1) is 5.02 Å². The molecule has 0 aromatic heterocycles. The van der Waals surface area contributed by atoms with Gasteiger partial charge < -0.3 is 4.90 Å². The molecule has 0 heterocycles. The molecule has 1 aromatic carbocycles. The second-order valence-electron chi connectivity index (χ2n) is 4.94. The van der Waals surface area contributed by atoms with Crippen molar-refractivity contribution in [1.29, 1.82) is 0 Å². The van der Waals surface area contributed by atoms with Crippen LogP contribution in [-0.2, 0) is 9.05 Å². The van der Waals surface area contributed by atoms with Crippen molar-refractivity contribution in [2.24, 2.45) is 5.92 Å². The summed E-state index contributed by atoms with van der Waals surface area (Å²) in [5, 5.41) is 0.00604. The van der Waals surface area contributed by atoms with Crippen molar-refractivity contribution in [2.45, 2.75) is 32.1 Å². The van der Waals surface area contributed by atoms with Crippen molar-refractivity contribution in [3.63, 3.8) is 0 Å². The highest BCUT2D eigenvalue weighted by Gasteiger charge is 2.21. The molecule has 0 saturated heterocycles. The summed E-state index contributed by atoms with van der Waals surface area (Å²) >= 11 is 5.82. The van der Waals surface area contributed by atoms with Crippen LogP contribution in [0.3, 0.4) is 0 Å². The number of halogens is 2. The van der Waals surface area contributed by atoms with E-state index in [9.17, 15) is 13.2 Å². The van der Waals surface area contributed by atoms with E-state index in [0.29, 0.717) is 19.0 Å². The number of rotatable bonds is 6. The monoisotopic (exact) mass is 351 g/mol. The zero-order valence-electron chi connectivity index (χ0n) is 12.3. The normalized spacial score (nSPS) is 13.0. The predicted molar refractivity (Wildman–Crippen MR) is 85.5 cm³/mol. The Morgan fingerprint density at radius 2 is 1.95 bits per heavy atom. The van der Waals surface area contributed by atoms with E-state index in [1.807, 2.05) is 6.92 Å². The van der Waals surface area contributed by atoms with Crippen molar-refractivity contribution in [2.75, 3.05) is 13.1 Å². The van der Waals surface area contributed by atoms with Crippen LogP contribution in [0, 0.1) is 5.92 Å². The van der Waals surface area contributed by atoms with Gasteiger partial charge in [-0.25, -0.2) is 8.42 Å². The van der Waals surface area contributed by atoms with E-state index >= 15 is 0 Å². The highest BCUT2D eigenvalue weighted by Crippen LogP contribution is 2.26. The molecule has 0 aliphatic rings. The van der Waals surface area contributed by atoms with Crippen molar-refractivity contribution < 1.29 is 13.2 Å². The second kappa shape index (κ2) is 7.47. The van der Waals surface area contributed by atoms with Crippen molar-refractivity contribution in [1.82, 2.24) is 4.90 Å². The fraction of sp³-hybridized carbons (Fsp3) is 0.500. The first kappa shape index (κ1) is 18.3. The molecule has 21 heavy (non-hydrogen) atoms. The number of nitrogens with zero attached hydrogens (tertiary/aromatic N) is 1. The number of amides is 1. The molecule has 0 bridgehead atoms. The van der Waals surface area contributed by atoms with Crippen LogP contribution in [0.1, 0.15) is 37.6 Å². The summed E-state index contributed by atoms with van der Waals surface area (Å²) in [4.78, 5) is 13.9. The first-order valence-corrected chi connectivity index (χ1v) is 9.42. The molecule has 0 aliphatic carbocycles. The molecule has 1 atom stereocenters. The van der Waals surface area contributed by atoms with E-state index in [-0.39, 0.29) is 21.4 Å². The minimum absolute atomic E-state index is 0.00604. The van der Waals surface area contributed by atoms with E-state index in [1.165, 1.54) is 18.2 Å². The lowest BCUT2D eigenvalue weighted by atomic mass is 10.1. The van der Waals surface area contributed by atoms with Gasteiger partial charge in [-0.15, -0.1) is 0 Å². The van der Waals surface area contributed by atoms with Crippen molar-refractivity contribution in [3.8, 4) is 0 Å². The first-order chi connectivity index (χ1) is 9.70. The maximum atomic E-state index is 12.5. The SMILES string of the molecule is CCC(C)CN(CC)C(=O)c1ccc(Cl)c(S(=O)(=O)Cl)c1. The Bertz CT molecular complexity index is 617. The maximum absolute atomic E-state index is 12.5. The third-order valence-electron chi connectivity index (χ3n) is 3.34. The van der Waals surface area contributed by atoms with Crippen LogP contribution in [0.15, 0.2) is 23.1 Å². The molecular formula is C14H19Cl2NO3S. The van der Waals surface area contributed by atoms with Crippen LogP contribution < -0.4 is 0 Å². The molecule has 0 N–H and O–H groups in total. The largest absolute Gasteiger partial charge is 0.339 e. The number of carbonyl (C=O) groups excluding carboxylic acids is 1. The Hall–Kier alpha value is -0.780. The maximum Gasteiger partial charge on any atom is 0.262 e. The lowest BCUT2D eigenvalue weighted by molar-refractivity contribution is 0.0740. The Balaban J connectivity index is 3.12. The summed E-state index contributed by atoms with van der Waals surface area (Å²) in [7, 11) is 1.34. The molecule has 118 valence electrons. The predicted octanol–water partition coefficient (Wildman–Crippen LogP) is 3.78. The lowest BCUT2D eigenvalue weighted by Gasteiger charge is -2.24. The van der Waals surface area contributed by atoms with E-state index in [1.54, 1.807) is 4.90 Å². The Morgan fingerprint density at radius 3 is 2.43 bits per heavy atom. The molecule has 0 saturated carbocycles. The highest BCUT2D eigenvalue weighted by molar-refractivity contribution is 8.13. The minimum atomic E-state index is -3.98. The smallest absolute Gasteiger partial charge is 0.262 e. The van der Waals surface area contributed by atoms with Gasteiger partial charge in [-0.3, -0.25) is 4.79 Å². The molecule has 0 radical (unpaired) electrons. The van der Waals surface area contributed by atoms with Crippen molar-refractivity contribution in [3.05, 3.63) is 28.8 Å². The fourth-order valence-electron chi connectivity index (χ4n) is 1.87. The molecule has 1 amide bonds. The van der Waals surface area contributed by atoms with Gasteiger partial charge in [0, 0.05) is 29.3 Å². The van der Waals surface area contributed by atoms with E-state index in [4.69, 9.17) is 22.3 Å². The van der Waals surface area contributed by atoms with Crippen LogP contribution in [0.2, 0.25) is 5.02 Å². The van der Waals surface area contributed by atoms with Crippen LogP contribution in [0.5, 0.6) is 0 Å². The van der Waals surface area contributed by atoms with Crippen LogP contribution >= 0.6 is 22.3 Å². The van der Waals surface area contributed by atoms with Crippen LogP contribution in [-0.4, -0.2) is 32.3 Å². The molecule has 1 unspecified atom stereocenters. The summed E-state index contributed by atoms with van der Waals surface area (Å²) < 4.78 is 22.9. The fourth-order valence-corrected chi connectivity index (χ4v) is 3.36. The molecule has 1 rings (SSSR count). The average Bonchev–Trinajstić information content (AvgIpc) is 2.42. The van der Waals surface area contributed by atoms with Gasteiger partial charge in [0.15, 0.2) is 0 Å². The Labute approximate surface area is 135 Å². The Kier molecular flexibility index (Phi) is 6.50. The Morgan fingerprint density at radius 1 is 1.33 bits per heavy atom. The topological polar surface area (TPSA) is 54.5 Å². The summed E-state index contributed by atoms with van der Waals surface area (Å²) in [6.07, 6.45) is 0.964. The van der Waals surface area contributed by atoms with Gasteiger partial charge in [0.25, 0.3) is 15.0 Å². The minimum Gasteiger partial charge on any atom is -0.339 e. The summed E-state index contributed by atoms with van der Waals surface area (Å²) in [6, 6.07) is 4.11. The van der Waals surface area contributed by atoms with E-state index in [0.717, 1.165) is 6.42 Å². The van der Waals surface area contributed by atoms with E-state index < -0.39 is 9.05 Å². The molecule has 7 heteroatoms. The molecule has 1 aromatic rings. The lowest BCUT2D eigenvalue weighted by Crippen LogP contribution is -2.34. The molecule has 0 aliphatic heterocycles. The van der Waals surface area contributed by atoms with Gasteiger partial charge in [-0.1, -0.05) is 31.9 Å². The quantitative estimate of drug-likeness (QED) is 0.732. The average molecular weight is 352 g/mol. The van der Waals surface area contributed by atoms with Gasteiger partial charge in [0.1, 0.15) is 4.90 Å². The summed E-state index contributed by atoms with van der Waals surface area (Å²) in [5.74, 6) is 0.147. The number of hydrogen-bond donors (Lipinski definition) is 0.